The first-order valence-electron chi connectivity index (χ1n) is 4.39. The van der Waals surface area contributed by atoms with Crippen molar-refractivity contribution >= 4 is 0 Å². The lowest BCUT2D eigenvalue weighted by Gasteiger charge is -1.92. The van der Waals surface area contributed by atoms with Gasteiger partial charge in [0.05, 0.1) is 0 Å². The maximum atomic E-state index is 3.38. The Morgan fingerprint density at radius 1 is 1.36 bits per heavy atom. The number of hydrogen-bond acceptors (Lipinski definition) is 0. The summed E-state index contributed by atoms with van der Waals surface area (Å²) in [6.07, 6.45) is 3.77. The van der Waals surface area contributed by atoms with Gasteiger partial charge < -0.3 is 4.98 Å². The summed E-state index contributed by atoms with van der Waals surface area (Å²) in [5.74, 6) is 0. The molecule has 0 atom stereocenters. The van der Waals surface area contributed by atoms with Crippen LogP contribution in [0.5, 0.6) is 0 Å². The Balaban J connectivity index is 2.58. The molecule has 1 rings (SSSR count). The van der Waals surface area contributed by atoms with Crippen molar-refractivity contribution in [3.05, 3.63) is 23.0 Å². The van der Waals surface area contributed by atoms with Gasteiger partial charge in [-0.05, 0) is 38.3 Å². The van der Waals surface area contributed by atoms with Crippen LogP contribution < -0.4 is 0 Å². The van der Waals surface area contributed by atoms with Crippen LogP contribution in [0.1, 0.15) is 36.7 Å². The minimum Gasteiger partial charge on any atom is -0.362 e. The molecular formula is C10H17N. The van der Waals surface area contributed by atoms with Crippen LogP contribution in [-0.2, 0) is 6.42 Å². The molecule has 1 aromatic rings. The Morgan fingerprint density at radius 3 is 2.55 bits per heavy atom. The molecule has 1 heterocycles. The lowest BCUT2D eigenvalue weighted by Crippen LogP contribution is -1.83. The van der Waals surface area contributed by atoms with Crippen LogP contribution in [0, 0.1) is 13.8 Å². The molecule has 0 amide bonds. The van der Waals surface area contributed by atoms with E-state index in [1.165, 1.54) is 36.2 Å². The van der Waals surface area contributed by atoms with Gasteiger partial charge >= 0.3 is 0 Å². The van der Waals surface area contributed by atoms with Gasteiger partial charge in [0.2, 0.25) is 0 Å². The summed E-state index contributed by atoms with van der Waals surface area (Å²) < 4.78 is 0. The van der Waals surface area contributed by atoms with Crippen molar-refractivity contribution in [2.45, 2.75) is 40.0 Å². The number of aromatic nitrogens is 1. The molecule has 0 radical (unpaired) electrons. The first-order valence-corrected chi connectivity index (χ1v) is 4.39. The van der Waals surface area contributed by atoms with Crippen molar-refractivity contribution in [3.8, 4) is 0 Å². The molecule has 0 aliphatic rings. The SMILES string of the molecule is CCCCc1cc(C)c(C)[nH]1. The van der Waals surface area contributed by atoms with Crippen LogP contribution in [0.25, 0.3) is 0 Å². The number of rotatable bonds is 3. The molecule has 0 bridgehead atoms. The molecule has 0 saturated heterocycles. The normalized spacial score (nSPS) is 10.5. The molecule has 1 nitrogen and oxygen atoms in total. The monoisotopic (exact) mass is 151 g/mol. The number of H-pyrrole nitrogens is 1. The zero-order valence-electron chi connectivity index (χ0n) is 7.70. The molecule has 0 fully saturated rings. The molecule has 0 aliphatic carbocycles. The zero-order chi connectivity index (χ0) is 8.27. The van der Waals surface area contributed by atoms with Gasteiger partial charge in [-0.2, -0.15) is 0 Å². The highest BCUT2D eigenvalue weighted by Crippen LogP contribution is 2.10. The Morgan fingerprint density at radius 2 is 2.09 bits per heavy atom. The van der Waals surface area contributed by atoms with E-state index in [0.717, 1.165) is 0 Å². The van der Waals surface area contributed by atoms with E-state index in [0.29, 0.717) is 0 Å². The molecule has 1 aromatic heterocycles. The smallest absolute Gasteiger partial charge is 0.0151 e. The molecule has 0 unspecified atom stereocenters. The van der Waals surface area contributed by atoms with Gasteiger partial charge in [0.15, 0.2) is 0 Å². The van der Waals surface area contributed by atoms with Crippen molar-refractivity contribution in [2.24, 2.45) is 0 Å². The molecular weight excluding hydrogens is 134 g/mol. The summed E-state index contributed by atoms with van der Waals surface area (Å²) in [6.45, 7) is 6.51. The van der Waals surface area contributed by atoms with Crippen molar-refractivity contribution < 1.29 is 0 Å². The van der Waals surface area contributed by atoms with E-state index in [4.69, 9.17) is 0 Å². The topological polar surface area (TPSA) is 15.8 Å². The van der Waals surface area contributed by atoms with Crippen molar-refractivity contribution in [2.75, 3.05) is 0 Å². The van der Waals surface area contributed by atoms with Gasteiger partial charge in [-0.25, -0.2) is 0 Å². The fourth-order valence-corrected chi connectivity index (χ4v) is 1.25. The van der Waals surface area contributed by atoms with Gasteiger partial charge in [-0.3, -0.25) is 0 Å². The fraction of sp³-hybridized carbons (Fsp3) is 0.600. The highest BCUT2D eigenvalue weighted by Gasteiger charge is 1.98. The van der Waals surface area contributed by atoms with E-state index in [2.05, 4.69) is 31.8 Å². The largest absolute Gasteiger partial charge is 0.362 e. The van der Waals surface area contributed by atoms with E-state index < -0.39 is 0 Å². The van der Waals surface area contributed by atoms with Gasteiger partial charge in [0, 0.05) is 11.4 Å². The maximum Gasteiger partial charge on any atom is 0.0151 e. The van der Waals surface area contributed by atoms with Crippen molar-refractivity contribution in [3.63, 3.8) is 0 Å². The predicted molar refractivity (Wildman–Crippen MR) is 48.9 cm³/mol. The van der Waals surface area contributed by atoms with Crippen molar-refractivity contribution in [1.82, 2.24) is 4.98 Å². The van der Waals surface area contributed by atoms with Gasteiger partial charge in [-0.1, -0.05) is 13.3 Å². The second-order valence-electron chi connectivity index (χ2n) is 3.21. The number of nitrogens with one attached hydrogen (secondary N) is 1. The second-order valence-corrected chi connectivity index (χ2v) is 3.21. The minimum atomic E-state index is 1.20. The number of unbranched alkanes of at least 4 members (excludes halogenated alkanes) is 1. The fourth-order valence-electron chi connectivity index (χ4n) is 1.25. The third kappa shape index (κ3) is 2.11. The Hall–Kier alpha value is -0.720. The van der Waals surface area contributed by atoms with E-state index in [9.17, 15) is 0 Å². The third-order valence-electron chi connectivity index (χ3n) is 2.13. The quantitative estimate of drug-likeness (QED) is 0.683. The van der Waals surface area contributed by atoms with Crippen LogP contribution >= 0.6 is 0 Å². The van der Waals surface area contributed by atoms with E-state index in [1.807, 2.05) is 0 Å². The Labute approximate surface area is 68.8 Å². The molecule has 0 aliphatic heterocycles. The standard InChI is InChI=1S/C10H17N/c1-4-5-6-10-7-8(2)9(3)11-10/h7,11H,4-6H2,1-3H3. The van der Waals surface area contributed by atoms with Crippen molar-refractivity contribution in [1.29, 1.82) is 0 Å². The lowest BCUT2D eigenvalue weighted by atomic mass is 10.2. The minimum absolute atomic E-state index is 1.20. The number of aromatic amines is 1. The predicted octanol–water partition coefficient (Wildman–Crippen LogP) is 2.97. The highest BCUT2D eigenvalue weighted by atomic mass is 14.7. The first kappa shape index (κ1) is 8.38. The summed E-state index contributed by atoms with van der Waals surface area (Å²) in [5, 5.41) is 0. The van der Waals surface area contributed by atoms with Gasteiger partial charge in [0.25, 0.3) is 0 Å². The summed E-state index contributed by atoms with van der Waals surface area (Å²) in [6, 6.07) is 2.25. The summed E-state index contributed by atoms with van der Waals surface area (Å²) in [4.78, 5) is 3.38. The van der Waals surface area contributed by atoms with Crippen LogP contribution in [0.4, 0.5) is 0 Å². The van der Waals surface area contributed by atoms with Crippen LogP contribution in [0.3, 0.4) is 0 Å². The third-order valence-corrected chi connectivity index (χ3v) is 2.13. The summed E-state index contributed by atoms with van der Waals surface area (Å²) >= 11 is 0. The zero-order valence-corrected chi connectivity index (χ0v) is 7.70. The number of hydrogen-bond donors (Lipinski definition) is 1. The summed E-state index contributed by atoms with van der Waals surface area (Å²) in [7, 11) is 0. The van der Waals surface area contributed by atoms with E-state index in [1.54, 1.807) is 0 Å². The van der Waals surface area contributed by atoms with Crippen LogP contribution in [0.15, 0.2) is 6.07 Å². The molecule has 0 saturated carbocycles. The van der Waals surface area contributed by atoms with E-state index in [-0.39, 0.29) is 0 Å². The summed E-state index contributed by atoms with van der Waals surface area (Å²) in [5.41, 5.74) is 4.09. The lowest BCUT2D eigenvalue weighted by molar-refractivity contribution is 0.779. The molecule has 62 valence electrons. The molecule has 11 heavy (non-hydrogen) atoms. The first-order chi connectivity index (χ1) is 5.24. The Kier molecular flexibility index (Phi) is 2.75. The van der Waals surface area contributed by atoms with Gasteiger partial charge in [-0.15, -0.1) is 0 Å². The maximum absolute atomic E-state index is 3.38. The average molecular weight is 151 g/mol. The molecule has 1 heteroatoms. The molecule has 1 N–H and O–H groups in total. The molecule has 0 aromatic carbocycles. The second kappa shape index (κ2) is 3.61. The van der Waals surface area contributed by atoms with E-state index >= 15 is 0 Å². The highest BCUT2D eigenvalue weighted by molar-refractivity contribution is 5.23. The average Bonchev–Trinajstić information content (AvgIpc) is 2.28. The Bertz CT molecular complexity index is 203. The molecule has 0 spiro atoms. The van der Waals surface area contributed by atoms with Crippen LogP contribution in [0.2, 0.25) is 0 Å². The van der Waals surface area contributed by atoms with Gasteiger partial charge in [0.1, 0.15) is 0 Å². The van der Waals surface area contributed by atoms with Crippen LogP contribution in [-0.4, -0.2) is 4.98 Å². The number of aryl methyl sites for hydroxylation is 3.